The Morgan fingerprint density at radius 2 is 2.25 bits per heavy atom. The Labute approximate surface area is 99.7 Å². The largest absolute Gasteiger partial charge is 0.444 e. The number of rotatable bonds is 1. The third kappa shape index (κ3) is 1.93. The number of carbonyl (C=O) groups excluding carboxylic acids is 2. The molecule has 90 valence electrons. The molecule has 0 saturated carbocycles. The predicted octanol–water partition coefficient (Wildman–Crippen LogP) is 2.03. The lowest BCUT2D eigenvalue weighted by molar-refractivity contribution is -0.107. The number of carbonyl (C=O) groups is 2. The van der Waals surface area contributed by atoms with Crippen molar-refractivity contribution in [2.24, 2.45) is 0 Å². The molecule has 2 rings (SSSR count). The van der Waals surface area contributed by atoms with Crippen molar-refractivity contribution in [2.75, 3.05) is 6.54 Å². The number of hydrogen-bond acceptors (Lipinski definition) is 4. The molecule has 1 spiro atoms. The molecular weight excluding hydrogens is 226 g/mol. The van der Waals surface area contributed by atoms with Crippen molar-refractivity contribution in [3.8, 4) is 0 Å². The smallest absolute Gasteiger partial charge is 0.411 e. The fourth-order valence-electron chi connectivity index (χ4n) is 2.12. The fraction of sp³-hybridized carbons (Fsp3) is 0.818. The molecule has 16 heavy (non-hydrogen) atoms. The van der Waals surface area contributed by atoms with Gasteiger partial charge in [-0.05, 0) is 33.6 Å². The van der Waals surface area contributed by atoms with Crippen LogP contribution in [0.25, 0.3) is 0 Å². The Bertz CT molecular complexity index is 326. The van der Waals surface area contributed by atoms with Crippen LogP contribution in [0.2, 0.25) is 0 Å². The molecule has 2 aliphatic rings. The molecule has 0 unspecified atom stereocenters. The number of aldehydes is 1. The quantitative estimate of drug-likeness (QED) is 0.522. The molecule has 5 heteroatoms. The molecule has 2 heterocycles. The maximum atomic E-state index is 12.0. The van der Waals surface area contributed by atoms with Crippen LogP contribution in [0, 0.1) is 0 Å². The van der Waals surface area contributed by atoms with Gasteiger partial charge in [-0.3, -0.25) is 4.90 Å². The summed E-state index contributed by atoms with van der Waals surface area (Å²) in [5.74, 6) is 0. The summed E-state index contributed by atoms with van der Waals surface area (Å²) < 4.78 is 5.35. The summed E-state index contributed by atoms with van der Waals surface area (Å²) in [5, 5.41) is -0.0532. The van der Waals surface area contributed by atoms with Crippen molar-refractivity contribution in [2.45, 2.75) is 49.3 Å². The first kappa shape index (κ1) is 11.8. The van der Waals surface area contributed by atoms with Crippen molar-refractivity contribution in [1.82, 2.24) is 4.90 Å². The van der Waals surface area contributed by atoms with E-state index in [9.17, 15) is 9.59 Å². The molecule has 2 fully saturated rings. The molecule has 2 aliphatic heterocycles. The molecule has 0 aromatic carbocycles. The second-order valence-electron chi connectivity index (χ2n) is 5.25. The first-order valence-corrected chi connectivity index (χ1v) is 6.41. The second kappa shape index (κ2) is 3.65. The van der Waals surface area contributed by atoms with E-state index >= 15 is 0 Å². The van der Waals surface area contributed by atoms with Crippen LogP contribution < -0.4 is 0 Å². The topological polar surface area (TPSA) is 46.6 Å². The van der Waals surface area contributed by atoms with Gasteiger partial charge < -0.3 is 9.53 Å². The zero-order chi connectivity index (χ0) is 12.0. The second-order valence-corrected chi connectivity index (χ2v) is 6.71. The number of likely N-dealkylation sites (tertiary alicyclic amines) is 1. The highest BCUT2D eigenvalue weighted by atomic mass is 32.2. The van der Waals surface area contributed by atoms with Crippen molar-refractivity contribution >= 4 is 24.1 Å². The number of thioether (sulfide) groups is 1. The molecule has 0 aliphatic carbocycles. The van der Waals surface area contributed by atoms with Crippen molar-refractivity contribution in [3.05, 3.63) is 0 Å². The highest BCUT2D eigenvalue weighted by Crippen LogP contribution is 2.60. The highest BCUT2D eigenvalue weighted by Gasteiger charge is 2.63. The van der Waals surface area contributed by atoms with Crippen LogP contribution in [0.1, 0.15) is 33.6 Å². The molecule has 0 bridgehead atoms. The van der Waals surface area contributed by atoms with E-state index in [1.165, 1.54) is 0 Å². The van der Waals surface area contributed by atoms with E-state index in [1.54, 1.807) is 16.7 Å². The Balaban J connectivity index is 2.05. The molecule has 0 N–H and O–H groups in total. The lowest BCUT2D eigenvalue weighted by Gasteiger charge is -2.28. The summed E-state index contributed by atoms with van der Waals surface area (Å²) >= 11 is 1.57. The SMILES string of the molecule is CC(C)(C)OC(=O)N1CCC[C@]12S[C@@H]2C=O. The van der Waals surface area contributed by atoms with E-state index in [-0.39, 0.29) is 16.2 Å². The van der Waals surface area contributed by atoms with Gasteiger partial charge in [0.05, 0.1) is 5.25 Å². The van der Waals surface area contributed by atoms with Gasteiger partial charge in [0.15, 0.2) is 0 Å². The van der Waals surface area contributed by atoms with E-state index in [4.69, 9.17) is 4.74 Å². The summed E-state index contributed by atoms with van der Waals surface area (Å²) in [7, 11) is 0. The molecule has 2 saturated heterocycles. The molecule has 1 amide bonds. The van der Waals surface area contributed by atoms with Gasteiger partial charge in [-0.25, -0.2) is 4.79 Å². The first-order chi connectivity index (χ1) is 7.39. The summed E-state index contributed by atoms with van der Waals surface area (Å²) in [4.78, 5) is 24.2. The van der Waals surface area contributed by atoms with Crippen LogP contribution in [-0.4, -0.2) is 39.5 Å². The summed E-state index contributed by atoms with van der Waals surface area (Å²) in [6.45, 7) is 6.26. The minimum Gasteiger partial charge on any atom is -0.444 e. The monoisotopic (exact) mass is 243 g/mol. The van der Waals surface area contributed by atoms with Crippen molar-refractivity contribution in [3.63, 3.8) is 0 Å². The Hall–Kier alpha value is -0.710. The highest BCUT2D eigenvalue weighted by molar-refractivity contribution is 8.09. The van der Waals surface area contributed by atoms with Crippen LogP contribution in [-0.2, 0) is 9.53 Å². The van der Waals surface area contributed by atoms with Crippen LogP contribution >= 0.6 is 11.8 Å². The number of hydrogen-bond donors (Lipinski definition) is 0. The molecule has 4 nitrogen and oxygen atoms in total. The van der Waals surface area contributed by atoms with E-state index in [0.29, 0.717) is 6.54 Å². The van der Waals surface area contributed by atoms with Gasteiger partial charge in [0.25, 0.3) is 0 Å². The van der Waals surface area contributed by atoms with Gasteiger partial charge in [0.1, 0.15) is 16.8 Å². The number of amides is 1. The Kier molecular flexibility index (Phi) is 2.69. The van der Waals surface area contributed by atoms with Gasteiger partial charge in [0.2, 0.25) is 0 Å². The van der Waals surface area contributed by atoms with Gasteiger partial charge in [-0.1, -0.05) is 0 Å². The molecule has 0 radical (unpaired) electrons. The Morgan fingerprint density at radius 3 is 2.75 bits per heavy atom. The lowest BCUT2D eigenvalue weighted by Crippen LogP contribution is -2.42. The van der Waals surface area contributed by atoms with Crippen molar-refractivity contribution < 1.29 is 14.3 Å². The number of nitrogens with zero attached hydrogens (tertiary/aromatic N) is 1. The van der Waals surface area contributed by atoms with Crippen LogP contribution in [0.5, 0.6) is 0 Å². The fourth-order valence-corrected chi connectivity index (χ4v) is 3.40. The van der Waals surface area contributed by atoms with Gasteiger partial charge in [0, 0.05) is 6.54 Å². The van der Waals surface area contributed by atoms with Gasteiger partial charge >= 0.3 is 6.09 Å². The first-order valence-electron chi connectivity index (χ1n) is 5.53. The predicted molar refractivity (Wildman–Crippen MR) is 62.3 cm³/mol. The van der Waals surface area contributed by atoms with E-state index in [1.807, 2.05) is 20.8 Å². The van der Waals surface area contributed by atoms with E-state index in [0.717, 1.165) is 19.1 Å². The maximum absolute atomic E-state index is 12.0. The van der Waals surface area contributed by atoms with Gasteiger partial charge in [-0.2, -0.15) is 0 Å². The minimum absolute atomic E-state index is 0.0532. The van der Waals surface area contributed by atoms with E-state index < -0.39 is 5.60 Å². The van der Waals surface area contributed by atoms with E-state index in [2.05, 4.69) is 0 Å². The number of ether oxygens (including phenoxy) is 1. The average Bonchev–Trinajstić information content (AvgIpc) is 2.64. The third-order valence-electron chi connectivity index (χ3n) is 2.83. The summed E-state index contributed by atoms with van der Waals surface area (Å²) in [6, 6.07) is 0. The third-order valence-corrected chi connectivity index (χ3v) is 4.42. The molecule has 2 atom stereocenters. The Morgan fingerprint density at radius 1 is 1.56 bits per heavy atom. The summed E-state index contributed by atoms with van der Waals surface area (Å²) in [6.07, 6.45) is 2.51. The zero-order valence-corrected chi connectivity index (χ0v) is 10.7. The summed E-state index contributed by atoms with van der Waals surface area (Å²) in [5.41, 5.74) is -0.475. The lowest BCUT2D eigenvalue weighted by atomic mass is 10.1. The normalized spacial score (nSPS) is 32.9. The standard InChI is InChI=1S/C11H17NO3S/c1-10(2,3)15-9(14)12-6-4-5-11(12)8(7-13)16-11/h7-8H,4-6H2,1-3H3/t8-,11-/m1/s1. The molecular formula is C11H17NO3S. The average molecular weight is 243 g/mol. The van der Waals surface area contributed by atoms with Crippen molar-refractivity contribution in [1.29, 1.82) is 0 Å². The minimum atomic E-state index is -0.475. The van der Waals surface area contributed by atoms with Crippen LogP contribution in [0.3, 0.4) is 0 Å². The molecule has 0 aromatic rings. The maximum Gasteiger partial charge on any atom is 0.411 e. The van der Waals surface area contributed by atoms with Crippen LogP contribution in [0.15, 0.2) is 0 Å². The van der Waals surface area contributed by atoms with Gasteiger partial charge in [-0.15, -0.1) is 11.8 Å². The zero-order valence-electron chi connectivity index (χ0n) is 9.86. The molecule has 0 aromatic heterocycles. The van der Waals surface area contributed by atoms with Crippen LogP contribution in [0.4, 0.5) is 4.79 Å².